The highest BCUT2D eigenvalue weighted by molar-refractivity contribution is 7.90. The average Bonchev–Trinajstić information content (AvgIpc) is 3.40. The number of sulfone groups is 1. The number of carboxylic acids is 1. The molecule has 0 aliphatic rings. The summed E-state index contributed by atoms with van der Waals surface area (Å²) >= 11 is 18.4. The van der Waals surface area contributed by atoms with Crippen LogP contribution in [0.3, 0.4) is 0 Å². The number of ether oxygens (including phenoxy) is 1. The minimum atomic E-state index is -5.08. The van der Waals surface area contributed by atoms with Crippen LogP contribution in [0.1, 0.15) is 17.0 Å². The molecular weight excluding hydrogens is 693 g/mol. The number of rotatable bonds is 9. The molecule has 2 N–H and O–H groups in total. The minimum Gasteiger partial charge on any atom is -0.475 e. The molecule has 4 rings (SSSR count). The van der Waals surface area contributed by atoms with Gasteiger partial charge in [-0.2, -0.15) is 18.4 Å². The second-order valence-electron chi connectivity index (χ2n) is 8.83. The van der Waals surface area contributed by atoms with Crippen LogP contribution in [0.25, 0.3) is 11.5 Å². The number of aromatic nitrogens is 3. The molecule has 238 valence electrons. The fourth-order valence-electron chi connectivity index (χ4n) is 3.27. The van der Waals surface area contributed by atoms with Crippen molar-refractivity contribution in [2.75, 3.05) is 23.9 Å². The number of hydrogen-bond donors (Lipinski definition) is 2. The largest absolute Gasteiger partial charge is 0.490 e. The zero-order chi connectivity index (χ0) is 33.5. The molecule has 11 nitrogen and oxygen atoms in total. The first kappa shape index (κ1) is 35.3. The van der Waals surface area contributed by atoms with Gasteiger partial charge in [0.1, 0.15) is 21.4 Å². The van der Waals surface area contributed by atoms with E-state index in [1.807, 2.05) is 6.07 Å². The van der Waals surface area contributed by atoms with Gasteiger partial charge in [-0.05, 0) is 30.3 Å². The lowest BCUT2D eigenvalue weighted by molar-refractivity contribution is -0.192. The standard InChI is InChI=1S/C24H17Cl3FN5O4S.C2HF3O2/c1-38(34,35)5-4-30-20-10-17(19(27)12-31-20)24-33-32-21(37-24)8-14-2-3-18(26)23(22(14)28)36-16-7-13(11-29)6-15(25)9-16;3-2(4,5)1(6)7/h2-3,6-7,9-10,12H,4-5,8H2,1H3,(H,30,31);(H,6,7). The molecule has 0 aliphatic heterocycles. The molecule has 2 aromatic carbocycles. The average molecular weight is 711 g/mol. The van der Waals surface area contributed by atoms with E-state index in [2.05, 4.69) is 20.5 Å². The molecule has 0 fully saturated rings. The highest BCUT2D eigenvalue weighted by atomic mass is 35.5. The predicted molar refractivity (Wildman–Crippen MR) is 155 cm³/mol. The first-order valence-electron chi connectivity index (χ1n) is 12.0. The van der Waals surface area contributed by atoms with Crippen molar-refractivity contribution in [2.24, 2.45) is 0 Å². The number of carbonyl (C=O) groups is 1. The number of anilines is 1. The van der Waals surface area contributed by atoms with Crippen LogP contribution in [-0.4, -0.2) is 59.4 Å². The van der Waals surface area contributed by atoms with Crippen molar-refractivity contribution in [3.63, 3.8) is 0 Å². The second kappa shape index (κ2) is 14.7. The zero-order valence-electron chi connectivity index (χ0n) is 22.5. The predicted octanol–water partition coefficient (Wildman–Crippen LogP) is 6.58. The number of carboxylic acid groups (broad SMARTS) is 1. The summed E-state index contributed by atoms with van der Waals surface area (Å²) in [5, 5.41) is 27.6. The van der Waals surface area contributed by atoms with Crippen LogP contribution in [-0.2, 0) is 21.1 Å². The van der Waals surface area contributed by atoms with E-state index in [-0.39, 0.29) is 68.2 Å². The molecular formula is C26H18Cl3F4N5O6S. The molecule has 0 spiro atoms. The maximum Gasteiger partial charge on any atom is 0.490 e. The molecule has 0 radical (unpaired) electrons. The van der Waals surface area contributed by atoms with Gasteiger partial charge in [0.05, 0.1) is 39.4 Å². The van der Waals surface area contributed by atoms with Crippen molar-refractivity contribution in [3.8, 4) is 29.0 Å². The van der Waals surface area contributed by atoms with Gasteiger partial charge in [-0.25, -0.2) is 22.6 Å². The Morgan fingerprint density at radius 3 is 2.44 bits per heavy atom. The first-order valence-corrected chi connectivity index (χ1v) is 15.2. The molecule has 2 heterocycles. The van der Waals surface area contributed by atoms with Crippen molar-refractivity contribution < 1.29 is 45.0 Å². The minimum absolute atomic E-state index is 0.00965. The van der Waals surface area contributed by atoms with Crippen LogP contribution in [0.4, 0.5) is 23.4 Å². The number of nitriles is 1. The fraction of sp³-hybridized carbons (Fsp3) is 0.192. The Hall–Kier alpha value is -4.17. The monoisotopic (exact) mass is 709 g/mol. The van der Waals surface area contributed by atoms with Gasteiger partial charge in [-0.1, -0.05) is 40.9 Å². The van der Waals surface area contributed by atoms with E-state index >= 15 is 4.39 Å². The molecule has 0 amide bonds. The Balaban J connectivity index is 0.000000707. The van der Waals surface area contributed by atoms with Crippen LogP contribution in [0.5, 0.6) is 11.5 Å². The SMILES string of the molecule is CS(=O)(=O)CCNc1cc(-c2nnc(Cc3ccc(Cl)c(Oc4cc(Cl)cc(C#N)c4)c3F)o2)c(Cl)cn1.O=C(O)C(F)(F)F. The van der Waals surface area contributed by atoms with Crippen LogP contribution in [0, 0.1) is 17.1 Å². The van der Waals surface area contributed by atoms with Crippen LogP contribution >= 0.6 is 34.8 Å². The van der Waals surface area contributed by atoms with Gasteiger partial charge < -0.3 is 19.6 Å². The molecule has 2 aromatic heterocycles. The van der Waals surface area contributed by atoms with Crippen molar-refractivity contribution in [3.05, 3.63) is 80.5 Å². The number of halogens is 7. The van der Waals surface area contributed by atoms with Gasteiger partial charge in [-0.3, -0.25) is 0 Å². The van der Waals surface area contributed by atoms with Crippen LogP contribution in [0.2, 0.25) is 15.1 Å². The third kappa shape index (κ3) is 10.5. The van der Waals surface area contributed by atoms with Crippen molar-refractivity contribution in [2.45, 2.75) is 12.6 Å². The number of alkyl halides is 3. The van der Waals surface area contributed by atoms with Gasteiger partial charge in [0, 0.05) is 29.6 Å². The zero-order valence-corrected chi connectivity index (χ0v) is 25.6. The number of nitrogens with one attached hydrogen (secondary N) is 1. The summed E-state index contributed by atoms with van der Waals surface area (Å²) in [6, 6.07) is 10.7. The van der Waals surface area contributed by atoms with Gasteiger partial charge in [0.2, 0.25) is 11.8 Å². The summed E-state index contributed by atoms with van der Waals surface area (Å²) in [5.41, 5.74) is 0.755. The Bertz CT molecular complexity index is 1870. The number of nitrogens with zero attached hydrogens (tertiary/aromatic N) is 4. The molecule has 0 unspecified atom stereocenters. The lowest BCUT2D eigenvalue weighted by Gasteiger charge is -2.12. The lowest BCUT2D eigenvalue weighted by Crippen LogP contribution is -2.21. The Labute approximate surface area is 267 Å². The van der Waals surface area contributed by atoms with Crippen molar-refractivity contribution in [1.82, 2.24) is 15.2 Å². The van der Waals surface area contributed by atoms with Gasteiger partial charge in [-0.15, -0.1) is 10.2 Å². The molecule has 4 aromatic rings. The fourth-order valence-corrected chi connectivity index (χ4v) is 4.33. The van der Waals surface area contributed by atoms with Crippen molar-refractivity contribution in [1.29, 1.82) is 5.26 Å². The van der Waals surface area contributed by atoms with Crippen LogP contribution in [0.15, 0.2) is 47.0 Å². The van der Waals surface area contributed by atoms with E-state index in [4.69, 9.17) is 59.1 Å². The van der Waals surface area contributed by atoms with E-state index in [9.17, 15) is 21.6 Å². The highest BCUT2D eigenvalue weighted by Crippen LogP contribution is 2.36. The quantitative estimate of drug-likeness (QED) is 0.180. The molecule has 0 aliphatic carbocycles. The second-order valence-corrected chi connectivity index (χ2v) is 12.3. The van der Waals surface area contributed by atoms with Crippen molar-refractivity contribution >= 4 is 56.4 Å². The topological polar surface area (TPSA) is 168 Å². The molecule has 0 saturated heterocycles. The van der Waals surface area contributed by atoms with E-state index in [0.29, 0.717) is 11.4 Å². The molecule has 0 atom stereocenters. The maximum atomic E-state index is 15.4. The summed E-state index contributed by atoms with van der Waals surface area (Å²) in [4.78, 5) is 13.0. The Kier molecular flexibility index (Phi) is 11.6. The highest BCUT2D eigenvalue weighted by Gasteiger charge is 2.38. The number of hydrogen-bond acceptors (Lipinski definition) is 10. The molecule has 19 heteroatoms. The normalized spacial score (nSPS) is 11.3. The summed E-state index contributed by atoms with van der Waals surface area (Å²) in [7, 11) is -3.15. The van der Waals surface area contributed by atoms with Gasteiger partial charge >= 0.3 is 12.1 Å². The third-order valence-electron chi connectivity index (χ3n) is 5.27. The summed E-state index contributed by atoms with van der Waals surface area (Å²) in [6.07, 6.45) is -2.68. The first-order chi connectivity index (χ1) is 21.0. The molecule has 0 saturated carbocycles. The number of pyridine rings is 1. The van der Waals surface area contributed by atoms with E-state index < -0.39 is 27.8 Å². The van der Waals surface area contributed by atoms with E-state index in [1.54, 1.807) is 0 Å². The maximum absolute atomic E-state index is 15.4. The summed E-state index contributed by atoms with van der Waals surface area (Å²) in [5.74, 6) is -3.20. The molecule has 0 bridgehead atoms. The van der Waals surface area contributed by atoms with E-state index in [0.717, 1.165) is 6.26 Å². The Morgan fingerprint density at radius 1 is 1.13 bits per heavy atom. The summed E-state index contributed by atoms with van der Waals surface area (Å²) in [6.45, 7) is 0.148. The van der Waals surface area contributed by atoms with E-state index in [1.165, 1.54) is 42.6 Å². The Morgan fingerprint density at radius 2 is 1.82 bits per heavy atom. The summed E-state index contributed by atoms with van der Waals surface area (Å²) < 4.78 is 81.1. The van der Waals surface area contributed by atoms with Gasteiger partial charge in [0.25, 0.3) is 0 Å². The van der Waals surface area contributed by atoms with Gasteiger partial charge in [0.15, 0.2) is 11.6 Å². The third-order valence-corrected chi connectivity index (χ3v) is 7.03. The number of aliphatic carboxylic acids is 1. The molecule has 45 heavy (non-hydrogen) atoms. The lowest BCUT2D eigenvalue weighted by atomic mass is 10.1. The smallest absolute Gasteiger partial charge is 0.475 e. The van der Waals surface area contributed by atoms with Crippen LogP contribution < -0.4 is 10.1 Å². The number of benzene rings is 2.